The first-order valence-electron chi connectivity index (χ1n) is 9.84. The number of benzene rings is 3. The van der Waals surface area contributed by atoms with Gasteiger partial charge in [-0.2, -0.15) is 13.2 Å². The van der Waals surface area contributed by atoms with E-state index in [1.165, 1.54) is 26.4 Å². The second kappa shape index (κ2) is 10.1. The summed E-state index contributed by atoms with van der Waals surface area (Å²) in [6.07, 6.45) is -4.54. The highest BCUT2D eigenvalue weighted by molar-refractivity contribution is 6.11. The van der Waals surface area contributed by atoms with E-state index in [2.05, 4.69) is 10.6 Å². The van der Waals surface area contributed by atoms with Crippen LogP contribution in [0.3, 0.4) is 0 Å². The molecule has 0 bridgehead atoms. The molecule has 12 heteroatoms. The fourth-order valence-electron chi connectivity index (χ4n) is 3.10. The van der Waals surface area contributed by atoms with Gasteiger partial charge in [0.15, 0.2) is 11.5 Å². The lowest BCUT2D eigenvalue weighted by Crippen LogP contribution is -2.18. The highest BCUT2D eigenvalue weighted by Gasteiger charge is 2.30. The summed E-state index contributed by atoms with van der Waals surface area (Å²) in [5.41, 5.74) is -1.59. The standard InChI is InChI=1S/C23H18F3N3O6/c1-34-19-11-15(18(29(32)33)12-20(19)35-2)22(31)28-17-6-4-3-5-16(17)27-21(30)13-7-9-14(10-8-13)23(24,25)26/h3-12H,1-2H3,(H,27,30)(H,28,31). The molecular formula is C23H18F3N3O6. The number of nitro benzene ring substituents is 1. The first-order chi connectivity index (χ1) is 16.5. The predicted molar refractivity (Wildman–Crippen MR) is 120 cm³/mol. The van der Waals surface area contributed by atoms with Crippen molar-refractivity contribution in [2.75, 3.05) is 24.9 Å². The van der Waals surface area contributed by atoms with Crippen molar-refractivity contribution >= 4 is 28.9 Å². The van der Waals surface area contributed by atoms with Gasteiger partial charge in [0.05, 0.1) is 42.1 Å². The lowest BCUT2D eigenvalue weighted by molar-refractivity contribution is -0.385. The topological polar surface area (TPSA) is 120 Å². The Kier molecular flexibility index (Phi) is 7.23. The van der Waals surface area contributed by atoms with Crippen LogP contribution in [0.25, 0.3) is 0 Å². The van der Waals surface area contributed by atoms with Crippen molar-refractivity contribution in [1.29, 1.82) is 0 Å². The van der Waals surface area contributed by atoms with E-state index in [0.29, 0.717) is 0 Å². The third-order valence-electron chi connectivity index (χ3n) is 4.84. The SMILES string of the molecule is COc1cc(C(=O)Nc2ccccc2NC(=O)c2ccc(C(F)(F)F)cc2)c([N+](=O)[O-])cc1OC. The van der Waals surface area contributed by atoms with Crippen molar-refractivity contribution in [3.63, 3.8) is 0 Å². The Morgan fingerprint density at radius 3 is 1.86 bits per heavy atom. The molecule has 0 saturated heterocycles. The molecule has 0 unspecified atom stereocenters. The molecule has 0 saturated carbocycles. The van der Waals surface area contributed by atoms with Crippen molar-refractivity contribution in [2.24, 2.45) is 0 Å². The van der Waals surface area contributed by atoms with E-state index >= 15 is 0 Å². The Bertz CT molecular complexity index is 1280. The van der Waals surface area contributed by atoms with E-state index in [9.17, 15) is 32.9 Å². The zero-order chi connectivity index (χ0) is 25.8. The number of amides is 2. The van der Waals surface area contributed by atoms with E-state index in [4.69, 9.17) is 9.47 Å². The lowest BCUT2D eigenvalue weighted by Gasteiger charge is -2.14. The maximum atomic E-state index is 12.9. The van der Waals surface area contributed by atoms with Crippen molar-refractivity contribution in [2.45, 2.75) is 6.18 Å². The number of nitro groups is 1. The number of methoxy groups -OCH3 is 2. The summed E-state index contributed by atoms with van der Waals surface area (Å²) in [5, 5.41) is 16.5. The molecule has 0 aromatic heterocycles. The zero-order valence-corrected chi connectivity index (χ0v) is 18.3. The molecule has 0 heterocycles. The molecule has 0 aliphatic heterocycles. The van der Waals surface area contributed by atoms with Crippen LogP contribution in [0.2, 0.25) is 0 Å². The number of rotatable bonds is 7. The number of alkyl halides is 3. The van der Waals surface area contributed by atoms with Gasteiger partial charge in [0, 0.05) is 11.6 Å². The maximum Gasteiger partial charge on any atom is 0.416 e. The minimum atomic E-state index is -4.54. The number of anilines is 2. The summed E-state index contributed by atoms with van der Waals surface area (Å²) in [4.78, 5) is 36.2. The lowest BCUT2D eigenvalue weighted by atomic mass is 10.1. The molecule has 3 rings (SSSR count). The number of carbonyl (C=O) groups is 2. The number of halogens is 3. The zero-order valence-electron chi connectivity index (χ0n) is 18.3. The molecule has 0 atom stereocenters. The van der Waals surface area contributed by atoms with Crippen molar-refractivity contribution < 1.29 is 37.2 Å². The van der Waals surface area contributed by atoms with Crippen LogP contribution in [-0.2, 0) is 6.18 Å². The van der Waals surface area contributed by atoms with Gasteiger partial charge in [0.1, 0.15) is 5.56 Å². The Morgan fingerprint density at radius 2 is 1.37 bits per heavy atom. The minimum absolute atomic E-state index is 0.0466. The summed E-state index contributed by atoms with van der Waals surface area (Å²) in [7, 11) is 2.59. The van der Waals surface area contributed by atoms with E-state index < -0.39 is 34.2 Å². The normalized spacial score (nSPS) is 10.9. The Balaban J connectivity index is 1.87. The van der Waals surface area contributed by atoms with Crippen LogP contribution in [0.5, 0.6) is 11.5 Å². The number of ether oxygens (including phenoxy) is 2. The van der Waals surface area contributed by atoms with Gasteiger partial charge in [-0.3, -0.25) is 19.7 Å². The number of nitrogens with zero attached hydrogens (tertiary/aromatic N) is 1. The van der Waals surface area contributed by atoms with Crippen LogP contribution >= 0.6 is 0 Å². The largest absolute Gasteiger partial charge is 0.493 e. The molecule has 9 nitrogen and oxygen atoms in total. The molecule has 3 aromatic rings. The minimum Gasteiger partial charge on any atom is -0.493 e. The molecule has 0 radical (unpaired) electrons. The first-order valence-corrected chi connectivity index (χ1v) is 9.84. The van der Waals surface area contributed by atoms with Gasteiger partial charge in [0.2, 0.25) is 0 Å². The molecular weight excluding hydrogens is 471 g/mol. The van der Waals surface area contributed by atoms with Crippen molar-refractivity contribution in [3.05, 3.63) is 87.5 Å². The van der Waals surface area contributed by atoms with Crippen LogP contribution < -0.4 is 20.1 Å². The van der Waals surface area contributed by atoms with Gasteiger partial charge < -0.3 is 20.1 Å². The van der Waals surface area contributed by atoms with E-state index in [1.54, 1.807) is 12.1 Å². The molecule has 0 spiro atoms. The monoisotopic (exact) mass is 489 g/mol. The van der Waals surface area contributed by atoms with Gasteiger partial charge in [0.25, 0.3) is 17.5 Å². The van der Waals surface area contributed by atoms with Crippen LogP contribution in [-0.4, -0.2) is 31.0 Å². The molecule has 182 valence electrons. The smallest absolute Gasteiger partial charge is 0.416 e. The van der Waals surface area contributed by atoms with Crippen LogP contribution in [0.15, 0.2) is 60.7 Å². The molecule has 3 aromatic carbocycles. The Morgan fingerprint density at radius 1 is 0.857 bits per heavy atom. The second-order valence-electron chi connectivity index (χ2n) is 7.01. The van der Waals surface area contributed by atoms with Gasteiger partial charge in [-0.25, -0.2) is 0 Å². The van der Waals surface area contributed by atoms with Crippen molar-refractivity contribution in [1.82, 2.24) is 0 Å². The van der Waals surface area contributed by atoms with Gasteiger partial charge in [-0.1, -0.05) is 12.1 Å². The molecule has 0 aliphatic rings. The van der Waals surface area contributed by atoms with Gasteiger partial charge in [-0.15, -0.1) is 0 Å². The quantitative estimate of drug-likeness (QED) is 0.351. The molecule has 2 N–H and O–H groups in total. The number of hydrogen-bond acceptors (Lipinski definition) is 6. The third kappa shape index (κ3) is 5.66. The van der Waals surface area contributed by atoms with Crippen molar-refractivity contribution in [3.8, 4) is 11.5 Å². The van der Waals surface area contributed by atoms with E-state index in [-0.39, 0.29) is 34.0 Å². The van der Waals surface area contributed by atoms with Crippen LogP contribution in [0.1, 0.15) is 26.3 Å². The molecule has 0 aliphatic carbocycles. The van der Waals surface area contributed by atoms with Crippen LogP contribution in [0.4, 0.5) is 30.2 Å². The summed E-state index contributed by atoms with van der Waals surface area (Å²) >= 11 is 0. The predicted octanol–water partition coefficient (Wildman–Crippen LogP) is 5.14. The van der Waals surface area contributed by atoms with E-state index in [1.807, 2.05) is 0 Å². The summed E-state index contributed by atoms with van der Waals surface area (Å²) in [6.45, 7) is 0. The summed E-state index contributed by atoms with van der Waals surface area (Å²) in [6, 6.07) is 11.8. The number of carbonyl (C=O) groups excluding carboxylic acids is 2. The number of hydrogen-bond donors (Lipinski definition) is 2. The van der Waals surface area contributed by atoms with Gasteiger partial charge in [-0.05, 0) is 36.4 Å². The molecule has 0 fully saturated rings. The first kappa shape index (κ1) is 25.0. The fraction of sp³-hybridized carbons (Fsp3) is 0.130. The maximum absolute atomic E-state index is 12.9. The number of para-hydroxylation sites is 2. The van der Waals surface area contributed by atoms with E-state index in [0.717, 1.165) is 36.4 Å². The average molecular weight is 489 g/mol. The molecule has 35 heavy (non-hydrogen) atoms. The number of nitrogens with one attached hydrogen (secondary N) is 2. The second-order valence-corrected chi connectivity index (χ2v) is 7.01. The summed E-state index contributed by atoms with van der Waals surface area (Å²) < 4.78 is 48.4. The van der Waals surface area contributed by atoms with Crippen LogP contribution in [0, 0.1) is 10.1 Å². The highest BCUT2D eigenvalue weighted by Crippen LogP contribution is 2.35. The fourth-order valence-corrected chi connectivity index (χ4v) is 3.10. The Hall–Kier alpha value is -4.61. The van der Waals surface area contributed by atoms with Gasteiger partial charge >= 0.3 is 6.18 Å². The average Bonchev–Trinajstić information content (AvgIpc) is 2.83. The Labute approximate surface area is 196 Å². The third-order valence-corrected chi connectivity index (χ3v) is 4.84. The summed E-state index contributed by atoms with van der Waals surface area (Å²) in [5.74, 6) is -1.45. The molecule has 2 amide bonds. The highest BCUT2D eigenvalue weighted by atomic mass is 19.4.